The standard InChI is InChI=1S/C22H24N4O3S3/c1-14-4-2-6-25-18(14)23-19(24-7-10-31-11-8-24)16(20(25)27)12-17-21(28)26(22(30)32-17)13-15-5-3-9-29-15/h2,4,6,12,15H,3,5,7-11,13H2,1H3. The number of fused-ring (bicyclic) bond motifs is 1. The number of rotatable bonds is 4. The lowest BCUT2D eigenvalue weighted by Crippen LogP contribution is -2.36. The Morgan fingerprint density at radius 3 is 2.88 bits per heavy atom. The van der Waals surface area contributed by atoms with Gasteiger partial charge in [-0.15, -0.1) is 0 Å². The SMILES string of the molecule is Cc1cccn2c(=O)c(C=C3SC(=S)N(CC4CCCO4)C3=O)c(N3CCSCC3)nc12. The first-order valence-electron chi connectivity index (χ1n) is 10.7. The average Bonchev–Trinajstić information content (AvgIpc) is 3.41. The van der Waals surface area contributed by atoms with Crippen LogP contribution in [0.3, 0.4) is 0 Å². The van der Waals surface area contributed by atoms with Crippen LogP contribution in [0.25, 0.3) is 11.7 Å². The van der Waals surface area contributed by atoms with Gasteiger partial charge in [0.1, 0.15) is 15.8 Å². The van der Waals surface area contributed by atoms with Crippen molar-refractivity contribution in [3.63, 3.8) is 0 Å². The molecule has 32 heavy (non-hydrogen) atoms. The lowest BCUT2D eigenvalue weighted by Gasteiger charge is -2.29. The van der Waals surface area contributed by atoms with Crippen molar-refractivity contribution in [3.8, 4) is 0 Å². The quantitative estimate of drug-likeness (QED) is 0.481. The summed E-state index contributed by atoms with van der Waals surface area (Å²) in [5.41, 5.74) is 1.86. The second kappa shape index (κ2) is 9.17. The second-order valence-corrected chi connectivity index (χ2v) is 11.0. The molecule has 0 N–H and O–H groups in total. The smallest absolute Gasteiger partial charge is 0.267 e. The first-order valence-corrected chi connectivity index (χ1v) is 13.1. The van der Waals surface area contributed by atoms with Gasteiger partial charge in [0.15, 0.2) is 0 Å². The molecule has 0 bridgehead atoms. The van der Waals surface area contributed by atoms with Crippen molar-refractivity contribution in [1.29, 1.82) is 0 Å². The van der Waals surface area contributed by atoms with Gasteiger partial charge in [0.25, 0.3) is 11.5 Å². The number of hydrogen-bond donors (Lipinski definition) is 0. The maximum atomic E-state index is 13.5. The molecule has 0 radical (unpaired) electrons. The Morgan fingerprint density at radius 1 is 1.31 bits per heavy atom. The Hall–Kier alpha value is -1.88. The molecule has 3 aliphatic rings. The summed E-state index contributed by atoms with van der Waals surface area (Å²) in [5.74, 6) is 2.45. The van der Waals surface area contributed by atoms with E-state index < -0.39 is 0 Å². The molecule has 5 rings (SSSR count). The number of ether oxygens (including phenoxy) is 1. The van der Waals surface area contributed by atoms with Crippen LogP contribution in [-0.4, -0.2) is 68.4 Å². The van der Waals surface area contributed by atoms with E-state index in [1.165, 1.54) is 11.8 Å². The maximum absolute atomic E-state index is 13.5. The summed E-state index contributed by atoms with van der Waals surface area (Å²) in [6, 6.07) is 3.79. The molecule has 5 heterocycles. The molecule has 0 saturated carbocycles. The summed E-state index contributed by atoms with van der Waals surface area (Å²) >= 11 is 8.63. The van der Waals surface area contributed by atoms with Crippen LogP contribution >= 0.6 is 35.7 Å². The van der Waals surface area contributed by atoms with Crippen LogP contribution in [0.5, 0.6) is 0 Å². The number of amides is 1. The predicted molar refractivity (Wildman–Crippen MR) is 135 cm³/mol. The molecular formula is C22H24N4O3S3. The van der Waals surface area contributed by atoms with E-state index in [1.54, 1.807) is 21.6 Å². The van der Waals surface area contributed by atoms with Gasteiger partial charge in [0.05, 0.1) is 23.1 Å². The third-order valence-corrected chi connectivity index (χ3v) is 8.25. The van der Waals surface area contributed by atoms with Crippen LogP contribution < -0.4 is 10.5 Å². The molecule has 1 amide bonds. The molecular weight excluding hydrogens is 464 g/mol. The van der Waals surface area contributed by atoms with Gasteiger partial charge in [0.2, 0.25) is 0 Å². The van der Waals surface area contributed by atoms with Gasteiger partial charge < -0.3 is 9.64 Å². The third kappa shape index (κ3) is 4.09. The van der Waals surface area contributed by atoms with Gasteiger partial charge in [-0.1, -0.05) is 30.0 Å². The lowest BCUT2D eigenvalue weighted by atomic mass is 10.2. The van der Waals surface area contributed by atoms with Crippen molar-refractivity contribution >= 4 is 63.5 Å². The summed E-state index contributed by atoms with van der Waals surface area (Å²) in [6.07, 6.45) is 5.38. The number of aryl methyl sites for hydroxylation is 1. The normalized spacial score (nSPS) is 23.2. The summed E-state index contributed by atoms with van der Waals surface area (Å²) < 4.78 is 7.77. The van der Waals surface area contributed by atoms with Crippen molar-refractivity contribution in [1.82, 2.24) is 14.3 Å². The van der Waals surface area contributed by atoms with E-state index in [2.05, 4.69) is 4.90 Å². The molecule has 3 aliphatic heterocycles. The molecule has 10 heteroatoms. The largest absolute Gasteiger partial charge is 0.376 e. The number of thiocarbonyl (C=S) groups is 1. The molecule has 168 valence electrons. The molecule has 3 saturated heterocycles. The fourth-order valence-corrected chi connectivity index (χ4v) is 6.38. The highest BCUT2D eigenvalue weighted by Crippen LogP contribution is 2.34. The van der Waals surface area contributed by atoms with E-state index in [-0.39, 0.29) is 17.6 Å². The Morgan fingerprint density at radius 2 is 2.12 bits per heavy atom. The summed E-state index contributed by atoms with van der Waals surface area (Å²) in [4.78, 5) is 35.8. The van der Waals surface area contributed by atoms with Crippen LogP contribution in [0.4, 0.5) is 5.82 Å². The number of pyridine rings is 1. The van der Waals surface area contributed by atoms with Crippen molar-refractivity contribution in [2.75, 3.05) is 42.6 Å². The summed E-state index contributed by atoms with van der Waals surface area (Å²) in [5, 5.41) is 0. The topological polar surface area (TPSA) is 67.2 Å². The van der Waals surface area contributed by atoms with E-state index in [1.807, 2.05) is 30.8 Å². The third-order valence-electron chi connectivity index (χ3n) is 5.93. The number of carbonyl (C=O) groups excluding carboxylic acids is 1. The Bertz CT molecular complexity index is 1170. The van der Waals surface area contributed by atoms with Crippen LogP contribution in [0.15, 0.2) is 28.0 Å². The van der Waals surface area contributed by atoms with E-state index >= 15 is 0 Å². The fraction of sp³-hybridized carbons (Fsp3) is 0.455. The molecule has 2 aromatic heterocycles. The van der Waals surface area contributed by atoms with Gasteiger partial charge >= 0.3 is 0 Å². The highest BCUT2D eigenvalue weighted by Gasteiger charge is 2.35. The first-order chi connectivity index (χ1) is 15.5. The zero-order chi connectivity index (χ0) is 22.2. The zero-order valence-corrected chi connectivity index (χ0v) is 20.2. The highest BCUT2D eigenvalue weighted by molar-refractivity contribution is 8.26. The summed E-state index contributed by atoms with van der Waals surface area (Å²) in [6.45, 7) is 4.78. The highest BCUT2D eigenvalue weighted by atomic mass is 32.2. The zero-order valence-electron chi connectivity index (χ0n) is 17.8. The molecule has 2 aromatic rings. The van der Waals surface area contributed by atoms with Crippen LogP contribution in [0.2, 0.25) is 0 Å². The van der Waals surface area contributed by atoms with Gasteiger partial charge in [-0.05, 0) is 37.5 Å². The fourth-order valence-electron chi connectivity index (χ4n) is 4.22. The lowest BCUT2D eigenvalue weighted by molar-refractivity contribution is -0.123. The molecule has 3 fully saturated rings. The minimum atomic E-state index is -0.170. The van der Waals surface area contributed by atoms with Crippen LogP contribution in [-0.2, 0) is 9.53 Å². The van der Waals surface area contributed by atoms with Crippen molar-refractivity contribution in [2.45, 2.75) is 25.9 Å². The van der Waals surface area contributed by atoms with Gasteiger partial charge in [-0.2, -0.15) is 11.8 Å². The Kier molecular flexibility index (Phi) is 6.28. The number of nitrogens with zero attached hydrogens (tertiary/aromatic N) is 4. The monoisotopic (exact) mass is 488 g/mol. The number of hydrogen-bond acceptors (Lipinski definition) is 8. The number of thioether (sulfide) groups is 2. The number of anilines is 1. The maximum Gasteiger partial charge on any atom is 0.267 e. The van der Waals surface area contributed by atoms with E-state index in [0.29, 0.717) is 32.8 Å². The van der Waals surface area contributed by atoms with Crippen LogP contribution in [0.1, 0.15) is 24.0 Å². The number of aromatic nitrogens is 2. The van der Waals surface area contributed by atoms with E-state index in [9.17, 15) is 9.59 Å². The first kappa shape index (κ1) is 21.9. The van der Waals surface area contributed by atoms with Crippen molar-refractivity contribution < 1.29 is 9.53 Å². The Labute approximate surface area is 200 Å². The van der Waals surface area contributed by atoms with Crippen molar-refractivity contribution in [3.05, 3.63) is 44.7 Å². The van der Waals surface area contributed by atoms with Gasteiger partial charge in [-0.3, -0.25) is 18.9 Å². The molecule has 1 atom stereocenters. The second-order valence-electron chi connectivity index (χ2n) is 8.07. The van der Waals surface area contributed by atoms with Crippen molar-refractivity contribution in [2.24, 2.45) is 0 Å². The minimum absolute atomic E-state index is 0.0224. The predicted octanol–water partition coefficient (Wildman–Crippen LogP) is 2.94. The van der Waals surface area contributed by atoms with Gasteiger partial charge in [-0.25, -0.2) is 4.98 Å². The molecule has 1 unspecified atom stereocenters. The molecule has 7 nitrogen and oxygen atoms in total. The summed E-state index contributed by atoms with van der Waals surface area (Å²) in [7, 11) is 0. The molecule has 0 spiro atoms. The molecule has 0 aromatic carbocycles. The molecule has 0 aliphatic carbocycles. The minimum Gasteiger partial charge on any atom is -0.376 e. The van der Waals surface area contributed by atoms with E-state index in [4.69, 9.17) is 21.9 Å². The average molecular weight is 489 g/mol. The Balaban J connectivity index is 1.57. The van der Waals surface area contributed by atoms with Crippen LogP contribution in [0, 0.1) is 6.92 Å². The number of carbonyl (C=O) groups is 1. The van der Waals surface area contributed by atoms with Gasteiger partial charge in [0, 0.05) is 37.4 Å². The van der Waals surface area contributed by atoms with E-state index in [0.717, 1.165) is 49.6 Å².